The maximum Gasteiger partial charge on any atom is 0.373 e. The monoisotopic (exact) mass is 267 g/mol. The molecule has 4 aromatic rings. The van der Waals surface area contributed by atoms with Crippen molar-refractivity contribution in [1.29, 1.82) is 0 Å². The van der Waals surface area contributed by atoms with Crippen LogP contribution in [0.15, 0.2) is 36.8 Å². The van der Waals surface area contributed by atoms with Crippen LogP contribution in [0.1, 0.15) is 5.56 Å². The minimum Gasteiger partial charge on any atom is -0.361 e. The molecule has 0 aliphatic carbocycles. The van der Waals surface area contributed by atoms with Gasteiger partial charge in [-0.3, -0.25) is 0 Å². The molecule has 0 aliphatic rings. The summed E-state index contributed by atoms with van der Waals surface area (Å²) in [4.78, 5) is 24.8. The number of aromatic nitrogens is 5. The van der Waals surface area contributed by atoms with Crippen LogP contribution < -0.4 is 9.73 Å². The van der Waals surface area contributed by atoms with Gasteiger partial charge in [-0.25, -0.2) is 4.98 Å². The summed E-state index contributed by atoms with van der Waals surface area (Å²) in [6.07, 6.45) is 5.58. The van der Waals surface area contributed by atoms with Gasteiger partial charge < -0.3 is 4.98 Å². The second kappa shape index (κ2) is 4.56. The maximum atomic E-state index is 8.12. The second-order valence-electron chi connectivity index (χ2n) is 4.21. The highest BCUT2D eigenvalue weighted by Crippen LogP contribution is 2.15. The van der Waals surface area contributed by atoms with Crippen molar-refractivity contribution in [3.63, 3.8) is 0 Å². The quantitative estimate of drug-likeness (QED) is 0.428. The number of hydrogen-bond donors (Lipinski definition) is 0. The molecule has 7 heteroatoms. The molecule has 7 nitrogen and oxygen atoms in total. The van der Waals surface area contributed by atoms with Crippen molar-refractivity contribution in [3.05, 3.63) is 42.4 Å². The zero-order valence-corrected chi connectivity index (χ0v) is 10.5. The Morgan fingerprint density at radius 3 is 2.80 bits per heavy atom. The first-order valence-electron chi connectivity index (χ1n) is 5.81. The lowest BCUT2D eigenvalue weighted by Gasteiger charge is -1.94. The molecule has 0 aliphatic heterocycles. The van der Waals surface area contributed by atoms with Gasteiger partial charge in [-0.2, -0.15) is 14.1 Å². The fourth-order valence-corrected chi connectivity index (χ4v) is 2.19. The van der Waals surface area contributed by atoms with E-state index in [9.17, 15) is 0 Å². The predicted octanol–water partition coefficient (Wildman–Crippen LogP) is 0.303. The van der Waals surface area contributed by atoms with Crippen molar-refractivity contribution in [2.24, 2.45) is 0 Å². The first kappa shape index (κ1) is 12.0. The molecule has 1 aromatic carbocycles. The molecule has 20 heavy (non-hydrogen) atoms. The lowest BCUT2D eigenvalue weighted by molar-refractivity contribution is -0.671. The number of rotatable bonds is 0. The number of hydrogen-bond acceptors (Lipinski definition) is 4. The lowest BCUT2D eigenvalue weighted by Crippen LogP contribution is -2.28. The molecule has 0 bridgehead atoms. The van der Waals surface area contributed by atoms with Gasteiger partial charge in [0.2, 0.25) is 6.20 Å². The van der Waals surface area contributed by atoms with Crippen molar-refractivity contribution < 1.29 is 14.2 Å². The Bertz CT molecular complexity index is 947. The van der Waals surface area contributed by atoms with Gasteiger partial charge in [-0.15, -0.1) is 5.10 Å². The molecule has 0 saturated heterocycles. The van der Waals surface area contributed by atoms with E-state index >= 15 is 0 Å². The van der Waals surface area contributed by atoms with Crippen LogP contribution in [0, 0.1) is 6.92 Å². The number of carbonyl (C=O) groups excluding carboxylic acids is 2. The van der Waals surface area contributed by atoms with Crippen LogP contribution in [0.5, 0.6) is 0 Å². The van der Waals surface area contributed by atoms with E-state index in [1.54, 1.807) is 17.0 Å². The average Bonchev–Trinajstić information content (AvgIpc) is 2.94. The smallest absolute Gasteiger partial charge is 0.361 e. The van der Waals surface area contributed by atoms with E-state index in [1.165, 1.54) is 5.56 Å². The normalized spacial score (nSPS) is 10.4. The Labute approximate surface area is 112 Å². The number of aryl methyl sites for hydroxylation is 1. The highest BCUT2D eigenvalue weighted by atomic mass is 16.2. The average molecular weight is 267 g/mol. The molecule has 0 radical (unpaired) electrons. The van der Waals surface area contributed by atoms with Crippen LogP contribution in [0.4, 0.5) is 0 Å². The van der Waals surface area contributed by atoms with Crippen molar-refractivity contribution in [3.8, 4) is 0 Å². The molecule has 4 rings (SSSR count). The Kier molecular flexibility index (Phi) is 2.74. The van der Waals surface area contributed by atoms with E-state index < -0.39 is 0 Å². The molecular weight excluding hydrogens is 258 g/mol. The highest BCUT2D eigenvalue weighted by Gasteiger charge is 2.11. The molecule has 98 valence electrons. The molecule has 0 fully saturated rings. The van der Waals surface area contributed by atoms with E-state index in [4.69, 9.17) is 9.59 Å². The fraction of sp³-hybridized carbons (Fsp3) is 0.0769. The SMILES string of the molecule is Cc1ccc2c(c1)c[n+]1[n-]c3nccnc3n21.O=C=O. The fourth-order valence-electron chi connectivity index (χ4n) is 2.19. The number of nitrogens with zero attached hydrogens (tertiary/aromatic N) is 5. The standard InChI is InChI=1S/C12H9N5.CO2/c1-8-2-3-10-9(6-8)7-16-15-11-12(17(10)16)14-5-4-13-11;2-1-3/h2-7H,1H3;. The first-order valence-corrected chi connectivity index (χ1v) is 5.81. The van der Waals surface area contributed by atoms with Gasteiger partial charge in [-0.1, -0.05) is 16.3 Å². The summed E-state index contributed by atoms with van der Waals surface area (Å²) in [5, 5.41) is 5.55. The van der Waals surface area contributed by atoms with Crippen LogP contribution in [-0.4, -0.2) is 20.6 Å². The summed E-state index contributed by atoms with van der Waals surface area (Å²) in [5.74, 6) is 0. The Morgan fingerprint density at radius 1 is 1.25 bits per heavy atom. The Morgan fingerprint density at radius 2 is 2.00 bits per heavy atom. The van der Waals surface area contributed by atoms with Crippen molar-refractivity contribution >= 4 is 28.3 Å². The number of benzene rings is 1. The minimum absolute atomic E-state index is 0.250. The summed E-state index contributed by atoms with van der Waals surface area (Å²) >= 11 is 0. The van der Waals surface area contributed by atoms with Gasteiger partial charge in [0.1, 0.15) is 5.65 Å². The highest BCUT2D eigenvalue weighted by molar-refractivity contribution is 5.81. The van der Waals surface area contributed by atoms with Gasteiger partial charge in [0.15, 0.2) is 5.65 Å². The molecule has 0 amide bonds. The molecule has 0 unspecified atom stereocenters. The molecule has 3 heterocycles. The third-order valence-corrected chi connectivity index (χ3v) is 2.93. The molecule has 0 saturated carbocycles. The third-order valence-electron chi connectivity index (χ3n) is 2.93. The molecule has 0 N–H and O–H groups in total. The predicted molar refractivity (Wildman–Crippen MR) is 66.7 cm³/mol. The van der Waals surface area contributed by atoms with Gasteiger partial charge >= 0.3 is 6.15 Å². The Balaban J connectivity index is 0.000000373. The van der Waals surface area contributed by atoms with Gasteiger partial charge in [0, 0.05) is 6.20 Å². The third kappa shape index (κ3) is 1.73. The van der Waals surface area contributed by atoms with E-state index in [0.717, 1.165) is 16.6 Å². The topological polar surface area (TPSA) is 82.5 Å². The first-order chi connectivity index (χ1) is 9.74. The summed E-state index contributed by atoms with van der Waals surface area (Å²) in [6, 6.07) is 6.31. The largest absolute Gasteiger partial charge is 0.373 e. The second-order valence-corrected chi connectivity index (χ2v) is 4.21. The summed E-state index contributed by atoms with van der Waals surface area (Å²) in [6.45, 7) is 2.08. The summed E-state index contributed by atoms with van der Waals surface area (Å²) in [7, 11) is 0. The van der Waals surface area contributed by atoms with Crippen LogP contribution in [0.25, 0.3) is 22.2 Å². The van der Waals surface area contributed by atoms with Crippen molar-refractivity contribution in [1.82, 2.24) is 19.6 Å². The van der Waals surface area contributed by atoms with E-state index in [2.05, 4.69) is 40.2 Å². The summed E-state index contributed by atoms with van der Waals surface area (Å²) < 4.78 is 3.76. The zero-order chi connectivity index (χ0) is 14.1. The van der Waals surface area contributed by atoms with Crippen molar-refractivity contribution in [2.75, 3.05) is 0 Å². The zero-order valence-electron chi connectivity index (χ0n) is 10.5. The maximum absolute atomic E-state index is 8.12. The molecule has 0 atom stereocenters. The lowest BCUT2D eigenvalue weighted by atomic mass is 10.2. The van der Waals surface area contributed by atoms with E-state index in [1.807, 2.05) is 10.7 Å². The van der Waals surface area contributed by atoms with Crippen LogP contribution in [0.3, 0.4) is 0 Å². The minimum atomic E-state index is 0.250. The summed E-state index contributed by atoms with van der Waals surface area (Å²) in [5.41, 5.74) is 3.78. The van der Waals surface area contributed by atoms with Crippen LogP contribution in [0.2, 0.25) is 0 Å². The molecule has 3 aromatic heterocycles. The van der Waals surface area contributed by atoms with Gasteiger partial charge in [0.05, 0.1) is 10.9 Å². The van der Waals surface area contributed by atoms with Crippen molar-refractivity contribution in [2.45, 2.75) is 6.92 Å². The van der Waals surface area contributed by atoms with Crippen LogP contribution >= 0.6 is 0 Å². The van der Waals surface area contributed by atoms with E-state index in [-0.39, 0.29) is 6.15 Å². The molecule has 0 spiro atoms. The van der Waals surface area contributed by atoms with Gasteiger partial charge in [-0.05, 0) is 25.3 Å². The molecular formula is C13H9N5O2. The van der Waals surface area contributed by atoms with E-state index in [0.29, 0.717) is 5.65 Å². The van der Waals surface area contributed by atoms with Crippen LogP contribution in [-0.2, 0) is 9.59 Å². The number of fused-ring (bicyclic) bond motifs is 5. The van der Waals surface area contributed by atoms with Gasteiger partial charge in [0.25, 0.3) is 0 Å². The Hall–Kier alpha value is -3.05.